The highest BCUT2D eigenvalue weighted by Gasteiger charge is 2.13. The third-order valence-corrected chi connectivity index (χ3v) is 3.58. The van der Waals surface area contributed by atoms with Crippen LogP contribution < -0.4 is 10.1 Å². The molecule has 0 aromatic heterocycles. The maximum atomic E-state index is 13.7. The summed E-state index contributed by atoms with van der Waals surface area (Å²) in [5.74, 6) is -0.519. The molecule has 1 aromatic carbocycles. The quantitative estimate of drug-likeness (QED) is 0.897. The molecule has 1 aliphatic rings. The molecule has 0 bridgehead atoms. The van der Waals surface area contributed by atoms with Gasteiger partial charge in [0.2, 0.25) is 0 Å². The van der Waals surface area contributed by atoms with Crippen LogP contribution in [0.25, 0.3) is 0 Å². The molecule has 1 saturated heterocycles. The van der Waals surface area contributed by atoms with E-state index >= 15 is 0 Å². The molecule has 0 radical (unpaired) electrons. The minimum Gasteiger partial charge on any atom is -0.497 e. The van der Waals surface area contributed by atoms with Crippen LogP contribution in [0.5, 0.6) is 5.75 Å². The van der Waals surface area contributed by atoms with Crippen molar-refractivity contribution in [3.8, 4) is 5.75 Å². The van der Waals surface area contributed by atoms with Crippen molar-refractivity contribution in [1.82, 2.24) is 10.2 Å². The lowest BCUT2D eigenvalue weighted by atomic mass is 10.1. The zero-order chi connectivity index (χ0) is 14.4. The average Bonchev–Trinajstić information content (AvgIpc) is 2.48. The lowest BCUT2D eigenvalue weighted by Gasteiger charge is -2.26. The summed E-state index contributed by atoms with van der Waals surface area (Å²) in [6.07, 6.45) is 3.74. The van der Waals surface area contributed by atoms with Gasteiger partial charge in [-0.15, -0.1) is 0 Å². The summed E-state index contributed by atoms with van der Waals surface area (Å²) < 4.78 is 18.6. The van der Waals surface area contributed by atoms with Crippen LogP contribution in [0.15, 0.2) is 18.2 Å². The highest BCUT2D eigenvalue weighted by Crippen LogP contribution is 2.16. The number of hydrogen-bond acceptors (Lipinski definition) is 3. The van der Waals surface area contributed by atoms with Gasteiger partial charge in [0, 0.05) is 19.2 Å². The minimum absolute atomic E-state index is 0.0597. The Morgan fingerprint density at radius 2 is 2.10 bits per heavy atom. The highest BCUT2D eigenvalue weighted by atomic mass is 19.1. The summed E-state index contributed by atoms with van der Waals surface area (Å²) in [5.41, 5.74) is 0.0597. The number of ether oxygens (including phenoxy) is 1. The first-order valence-corrected chi connectivity index (χ1v) is 7.05. The van der Waals surface area contributed by atoms with Gasteiger partial charge >= 0.3 is 0 Å². The van der Waals surface area contributed by atoms with Gasteiger partial charge in [-0.2, -0.15) is 0 Å². The maximum Gasteiger partial charge on any atom is 0.254 e. The van der Waals surface area contributed by atoms with Crippen molar-refractivity contribution in [1.29, 1.82) is 0 Å². The molecule has 1 fully saturated rings. The minimum atomic E-state index is -0.556. The number of nitrogens with zero attached hydrogens (tertiary/aromatic N) is 1. The van der Waals surface area contributed by atoms with Crippen LogP contribution in [-0.4, -0.2) is 44.1 Å². The van der Waals surface area contributed by atoms with Crippen molar-refractivity contribution in [2.75, 3.05) is 33.3 Å². The van der Waals surface area contributed by atoms with E-state index in [0.717, 1.165) is 19.6 Å². The molecule has 1 N–H and O–H groups in total. The lowest BCUT2D eigenvalue weighted by molar-refractivity contribution is 0.0942. The van der Waals surface area contributed by atoms with Crippen LogP contribution in [0.2, 0.25) is 0 Å². The molecule has 1 aliphatic heterocycles. The van der Waals surface area contributed by atoms with Gasteiger partial charge in [0.05, 0.1) is 12.7 Å². The summed E-state index contributed by atoms with van der Waals surface area (Å²) in [4.78, 5) is 14.2. The molecule has 0 saturated carbocycles. The van der Waals surface area contributed by atoms with Gasteiger partial charge in [-0.05, 0) is 38.1 Å². The van der Waals surface area contributed by atoms with Crippen molar-refractivity contribution in [2.24, 2.45) is 0 Å². The number of nitrogens with one attached hydrogen (secondary N) is 1. The Labute approximate surface area is 118 Å². The summed E-state index contributed by atoms with van der Waals surface area (Å²) in [5, 5.41) is 2.76. The van der Waals surface area contributed by atoms with Crippen LogP contribution in [0.4, 0.5) is 4.39 Å². The molecule has 20 heavy (non-hydrogen) atoms. The van der Waals surface area contributed by atoms with Crippen LogP contribution in [-0.2, 0) is 0 Å². The maximum absolute atomic E-state index is 13.7. The number of carbonyl (C=O) groups excluding carboxylic acids is 1. The van der Waals surface area contributed by atoms with Crippen LogP contribution in [0, 0.1) is 5.82 Å². The van der Waals surface area contributed by atoms with Gasteiger partial charge < -0.3 is 15.0 Å². The second kappa shape index (κ2) is 7.24. The lowest BCUT2D eigenvalue weighted by Crippen LogP contribution is -2.37. The van der Waals surface area contributed by atoms with Crippen LogP contribution >= 0.6 is 0 Å². The number of halogens is 1. The largest absolute Gasteiger partial charge is 0.497 e. The third kappa shape index (κ3) is 3.93. The predicted octanol–water partition coefficient (Wildman–Crippen LogP) is 2.05. The fourth-order valence-electron chi connectivity index (χ4n) is 2.41. The molecule has 5 heteroatoms. The highest BCUT2D eigenvalue weighted by molar-refractivity contribution is 5.94. The third-order valence-electron chi connectivity index (χ3n) is 3.58. The monoisotopic (exact) mass is 280 g/mol. The van der Waals surface area contributed by atoms with Crippen LogP contribution in [0.1, 0.15) is 29.6 Å². The van der Waals surface area contributed by atoms with Crippen molar-refractivity contribution in [2.45, 2.75) is 19.3 Å². The summed E-state index contributed by atoms with van der Waals surface area (Å²) >= 11 is 0. The second-order valence-electron chi connectivity index (χ2n) is 5.00. The van der Waals surface area contributed by atoms with Crippen molar-refractivity contribution in [3.63, 3.8) is 0 Å². The van der Waals surface area contributed by atoms with Gasteiger partial charge in [-0.3, -0.25) is 4.79 Å². The first-order valence-electron chi connectivity index (χ1n) is 7.05. The number of carbonyl (C=O) groups is 1. The molecule has 1 amide bonds. The number of likely N-dealkylation sites (tertiary alicyclic amines) is 1. The second-order valence-corrected chi connectivity index (χ2v) is 5.00. The fraction of sp³-hybridized carbons (Fsp3) is 0.533. The first kappa shape index (κ1) is 14.8. The number of piperidine rings is 1. The number of amides is 1. The zero-order valence-corrected chi connectivity index (χ0v) is 11.8. The van der Waals surface area contributed by atoms with Crippen molar-refractivity contribution < 1.29 is 13.9 Å². The van der Waals surface area contributed by atoms with Gasteiger partial charge in [-0.25, -0.2) is 4.39 Å². The zero-order valence-electron chi connectivity index (χ0n) is 11.8. The summed E-state index contributed by atoms with van der Waals surface area (Å²) in [6.45, 7) is 3.55. The van der Waals surface area contributed by atoms with Crippen molar-refractivity contribution >= 4 is 5.91 Å². The number of benzene rings is 1. The Hall–Kier alpha value is -1.62. The smallest absolute Gasteiger partial charge is 0.254 e. The Morgan fingerprint density at radius 3 is 2.75 bits per heavy atom. The Morgan fingerprint density at radius 1 is 1.35 bits per heavy atom. The SMILES string of the molecule is COc1ccc(C(=O)NCCN2CCCCC2)c(F)c1. The molecule has 1 aromatic rings. The van der Waals surface area contributed by atoms with Gasteiger partial charge in [0.1, 0.15) is 11.6 Å². The van der Waals surface area contributed by atoms with E-state index in [2.05, 4.69) is 10.2 Å². The molecule has 0 spiro atoms. The number of hydrogen-bond donors (Lipinski definition) is 1. The van der Waals surface area contributed by atoms with E-state index in [9.17, 15) is 9.18 Å². The molecule has 0 aliphatic carbocycles. The van der Waals surface area contributed by atoms with Crippen molar-refractivity contribution in [3.05, 3.63) is 29.6 Å². The van der Waals surface area contributed by atoms with E-state index in [0.29, 0.717) is 12.3 Å². The predicted molar refractivity (Wildman–Crippen MR) is 75.6 cm³/mol. The standard InChI is InChI=1S/C15H21FN2O2/c1-20-12-5-6-13(14(16)11-12)15(19)17-7-10-18-8-3-2-4-9-18/h5-6,11H,2-4,7-10H2,1H3,(H,17,19). The normalized spacial score (nSPS) is 15.9. The first-order chi connectivity index (χ1) is 9.70. The van der Waals surface area contributed by atoms with Gasteiger partial charge in [0.25, 0.3) is 5.91 Å². The van der Waals surface area contributed by atoms with E-state index < -0.39 is 5.82 Å². The van der Waals surface area contributed by atoms with E-state index in [1.54, 1.807) is 6.07 Å². The Bertz CT molecular complexity index is 459. The molecule has 0 unspecified atom stereocenters. The van der Waals surface area contributed by atoms with Gasteiger partial charge in [-0.1, -0.05) is 6.42 Å². The summed E-state index contributed by atoms with van der Waals surface area (Å²) in [7, 11) is 1.47. The molecular weight excluding hydrogens is 259 g/mol. The molecule has 0 atom stereocenters. The van der Waals surface area contributed by atoms with E-state index in [-0.39, 0.29) is 11.5 Å². The van der Waals surface area contributed by atoms with E-state index in [4.69, 9.17) is 4.74 Å². The fourth-order valence-corrected chi connectivity index (χ4v) is 2.41. The Balaban J connectivity index is 1.82. The van der Waals surface area contributed by atoms with Gasteiger partial charge in [0.15, 0.2) is 0 Å². The molecule has 2 rings (SSSR count). The average molecular weight is 280 g/mol. The Kier molecular flexibility index (Phi) is 5.35. The summed E-state index contributed by atoms with van der Waals surface area (Å²) in [6, 6.07) is 4.26. The number of rotatable bonds is 5. The molecule has 4 nitrogen and oxygen atoms in total. The molecule has 1 heterocycles. The topological polar surface area (TPSA) is 41.6 Å². The molecular formula is C15H21FN2O2. The van der Waals surface area contributed by atoms with E-state index in [1.165, 1.54) is 38.5 Å². The molecule has 110 valence electrons. The number of methoxy groups -OCH3 is 1. The van der Waals surface area contributed by atoms with E-state index in [1.807, 2.05) is 0 Å². The van der Waals surface area contributed by atoms with Crippen LogP contribution in [0.3, 0.4) is 0 Å².